The monoisotopic (exact) mass is 259 g/mol. The zero-order valence-electron chi connectivity index (χ0n) is 11.4. The third-order valence-electron chi connectivity index (χ3n) is 3.02. The second kappa shape index (κ2) is 5.41. The molecule has 0 amide bonds. The zero-order chi connectivity index (χ0) is 14.0. The molecule has 2 N–H and O–H groups in total. The van der Waals surface area contributed by atoms with Crippen LogP contribution in [0.5, 0.6) is 11.5 Å². The van der Waals surface area contributed by atoms with Crippen molar-refractivity contribution in [1.29, 1.82) is 0 Å². The number of rotatable bonds is 3. The molecule has 2 aromatic rings. The Bertz CT molecular complexity index is 593. The van der Waals surface area contributed by atoms with Gasteiger partial charge in [0, 0.05) is 11.6 Å². The van der Waals surface area contributed by atoms with Crippen molar-refractivity contribution in [3.05, 3.63) is 58.9 Å². The Hall–Kier alpha value is -1.87. The molecule has 0 radical (unpaired) electrons. The van der Waals surface area contributed by atoms with E-state index in [0.717, 1.165) is 16.9 Å². The summed E-state index contributed by atoms with van der Waals surface area (Å²) in [4.78, 5) is 0. The second-order valence-electron chi connectivity index (χ2n) is 4.81. The average molecular weight is 259 g/mol. The van der Waals surface area contributed by atoms with Gasteiger partial charge >= 0.3 is 0 Å². The van der Waals surface area contributed by atoms with Gasteiger partial charge in [-0.3, -0.25) is 0 Å². The number of nitrogens with two attached hydrogens (primary N) is 1. The van der Waals surface area contributed by atoms with E-state index in [0.29, 0.717) is 11.3 Å². The molecule has 0 fully saturated rings. The Morgan fingerprint density at radius 1 is 1.11 bits per heavy atom. The first-order chi connectivity index (χ1) is 8.99. The summed E-state index contributed by atoms with van der Waals surface area (Å²) in [6, 6.07) is 10.2. The van der Waals surface area contributed by atoms with E-state index in [4.69, 9.17) is 10.5 Å². The molecule has 2 aromatic carbocycles. The molecule has 0 bridgehead atoms. The van der Waals surface area contributed by atoms with Gasteiger partial charge in [-0.25, -0.2) is 4.39 Å². The lowest BCUT2D eigenvalue weighted by atomic mass is 10.1. The van der Waals surface area contributed by atoms with E-state index in [1.54, 1.807) is 19.1 Å². The van der Waals surface area contributed by atoms with Crippen LogP contribution < -0.4 is 10.5 Å². The van der Waals surface area contributed by atoms with Crippen LogP contribution in [0.4, 0.5) is 4.39 Å². The molecule has 0 aromatic heterocycles. The van der Waals surface area contributed by atoms with Gasteiger partial charge in [0.2, 0.25) is 0 Å². The van der Waals surface area contributed by atoms with Crippen molar-refractivity contribution in [3.8, 4) is 11.5 Å². The smallest absolute Gasteiger partial charge is 0.135 e. The number of ether oxygens (including phenoxy) is 1. The van der Waals surface area contributed by atoms with Gasteiger partial charge in [0.1, 0.15) is 17.3 Å². The minimum atomic E-state index is -0.415. The summed E-state index contributed by atoms with van der Waals surface area (Å²) >= 11 is 0. The van der Waals surface area contributed by atoms with Gasteiger partial charge < -0.3 is 10.5 Å². The average Bonchev–Trinajstić information content (AvgIpc) is 2.32. The summed E-state index contributed by atoms with van der Waals surface area (Å²) in [5.74, 6) is 0.859. The summed E-state index contributed by atoms with van der Waals surface area (Å²) < 4.78 is 19.6. The van der Waals surface area contributed by atoms with Crippen LogP contribution in [0.1, 0.15) is 29.7 Å². The summed E-state index contributed by atoms with van der Waals surface area (Å²) in [5.41, 5.74) is 8.39. The molecule has 1 atom stereocenters. The van der Waals surface area contributed by atoms with E-state index in [-0.39, 0.29) is 5.82 Å². The summed E-state index contributed by atoms with van der Waals surface area (Å²) in [7, 11) is 0. The fraction of sp³-hybridized carbons (Fsp3) is 0.250. The fourth-order valence-corrected chi connectivity index (χ4v) is 2.08. The SMILES string of the molecule is Cc1ccc(Oc2cccc(F)c2C(C)N)c(C)c1. The van der Waals surface area contributed by atoms with Crippen LogP contribution in [-0.4, -0.2) is 0 Å². The Morgan fingerprint density at radius 3 is 2.47 bits per heavy atom. The van der Waals surface area contributed by atoms with Crippen molar-refractivity contribution in [1.82, 2.24) is 0 Å². The molecule has 0 heterocycles. The van der Waals surface area contributed by atoms with Gasteiger partial charge in [-0.15, -0.1) is 0 Å². The van der Waals surface area contributed by atoms with E-state index in [1.807, 2.05) is 32.0 Å². The van der Waals surface area contributed by atoms with E-state index in [9.17, 15) is 4.39 Å². The quantitative estimate of drug-likeness (QED) is 0.894. The van der Waals surface area contributed by atoms with E-state index >= 15 is 0 Å². The van der Waals surface area contributed by atoms with Crippen molar-refractivity contribution in [2.75, 3.05) is 0 Å². The third-order valence-corrected chi connectivity index (χ3v) is 3.02. The fourth-order valence-electron chi connectivity index (χ4n) is 2.08. The number of hydrogen-bond acceptors (Lipinski definition) is 2. The van der Waals surface area contributed by atoms with Crippen molar-refractivity contribution < 1.29 is 9.13 Å². The lowest BCUT2D eigenvalue weighted by Gasteiger charge is -2.16. The molecule has 3 heteroatoms. The van der Waals surface area contributed by atoms with Crippen LogP contribution >= 0.6 is 0 Å². The third kappa shape index (κ3) is 2.93. The van der Waals surface area contributed by atoms with Gasteiger partial charge in [-0.1, -0.05) is 23.8 Å². The highest BCUT2D eigenvalue weighted by molar-refractivity contribution is 5.43. The van der Waals surface area contributed by atoms with Gasteiger partial charge in [-0.05, 0) is 44.5 Å². The van der Waals surface area contributed by atoms with Crippen LogP contribution in [0.25, 0.3) is 0 Å². The largest absolute Gasteiger partial charge is 0.457 e. The first kappa shape index (κ1) is 13.6. The van der Waals surface area contributed by atoms with Gasteiger partial charge in [0.05, 0.1) is 0 Å². The predicted octanol–water partition coefficient (Wildman–Crippen LogP) is 4.25. The van der Waals surface area contributed by atoms with Crippen LogP contribution in [-0.2, 0) is 0 Å². The summed E-state index contributed by atoms with van der Waals surface area (Å²) in [6.07, 6.45) is 0. The molecule has 2 nitrogen and oxygen atoms in total. The van der Waals surface area contributed by atoms with Crippen LogP contribution in [0.2, 0.25) is 0 Å². The molecule has 1 unspecified atom stereocenters. The number of hydrogen-bond donors (Lipinski definition) is 1. The Morgan fingerprint density at radius 2 is 1.84 bits per heavy atom. The lowest BCUT2D eigenvalue weighted by Crippen LogP contribution is -2.09. The Kier molecular flexibility index (Phi) is 3.86. The minimum Gasteiger partial charge on any atom is -0.457 e. The first-order valence-electron chi connectivity index (χ1n) is 6.28. The highest BCUT2D eigenvalue weighted by Crippen LogP contribution is 2.32. The molecule has 0 aliphatic rings. The maximum absolute atomic E-state index is 13.8. The minimum absolute atomic E-state index is 0.336. The molecule has 0 aliphatic carbocycles. The van der Waals surface area contributed by atoms with Crippen molar-refractivity contribution in [2.45, 2.75) is 26.8 Å². The number of aryl methyl sites for hydroxylation is 2. The number of halogens is 1. The second-order valence-corrected chi connectivity index (χ2v) is 4.81. The normalized spacial score (nSPS) is 12.3. The summed E-state index contributed by atoms with van der Waals surface area (Å²) in [6.45, 7) is 5.73. The lowest BCUT2D eigenvalue weighted by molar-refractivity contribution is 0.457. The summed E-state index contributed by atoms with van der Waals surface area (Å²) in [5, 5.41) is 0. The zero-order valence-corrected chi connectivity index (χ0v) is 11.4. The molecule has 100 valence electrons. The Balaban J connectivity index is 2.41. The molecule has 0 spiro atoms. The maximum Gasteiger partial charge on any atom is 0.135 e. The van der Waals surface area contributed by atoms with Gasteiger partial charge in [-0.2, -0.15) is 0 Å². The first-order valence-corrected chi connectivity index (χ1v) is 6.28. The van der Waals surface area contributed by atoms with Crippen molar-refractivity contribution >= 4 is 0 Å². The molecule has 19 heavy (non-hydrogen) atoms. The highest BCUT2D eigenvalue weighted by atomic mass is 19.1. The van der Waals surface area contributed by atoms with Crippen LogP contribution in [0.15, 0.2) is 36.4 Å². The highest BCUT2D eigenvalue weighted by Gasteiger charge is 2.14. The van der Waals surface area contributed by atoms with E-state index in [2.05, 4.69) is 0 Å². The topological polar surface area (TPSA) is 35.2 Å². The van der Waals surface area contributed by atoms with Gasteiger partial charge in [0.15, 0.2) is 0 Å². The molecule has 0 saturated carbocycles. The van der Waals surface area contributed by atoms with E-state index < -0.39 is 6.04 Å². The standard InChI is InChI=1S/C16H18FNO/c1-10-7-8-14(11(2)9-10)19-15-6-4-5-13(17)16(15)12(3)18/h4-9,12H,18H2,1-3H3. The van der Waals surface area contributed by atoms with Crippen molar-refractivity contribution in [2.24, 2.45) is 5.73 Å². The molecular weight excluding hydrogens is 241 g/mol. The maximum atomic E-state index is 13.8. The van der Waals surface area contributed by atoms with E-state index in [1.165, 1.54) is 6.07 Å². The predicted molar refractivity (Wildman–Crippen MR) is 75.0 cm³/mol. The molecule has 0 saturated heterocycles. The van der Waals surface area contributed by atoms with Crippen LogP contribution in [0.3, 0.4) is 0 Å². The Labute approximate surface area is 113 Å². The number of benzene rings is 2. The molecule has 2 rings (SSSR count). The van der Waals surface area contributed by atoms with Crippen LogP contribution in [0, 0.1) is 19.7 Å². The molecular formula is C16H18FNO. The van der Waals surface area contributed by atoms with Gasteiger partial charge in [0.25, 0.3) is 0 Å². The molecule has 0 aliphatic heterocycles. The van der Waals surface area contributed by atoms with Crippen molar-refractivity contribution in [3.63, 3.8) is 0 Å².